The average Bonchev–Trinajstić information content (AvgIpc) is 2.84. The Kier molecular flexibility index (Phi) is 2.85. The fourth-order valence-corrected chi connectivity index (χ4v) is 2.69. The lowest BCUT2D eigenvalue weighted by Gasteiger charge is -2.18. The monoisotopic (exact) mass is 259 g/mol. The Morgan fingerprint density at radius 3 is 2.95 bits per heavy atom. The van der Waals surface area contributed by atoms with Gasteiger partial charge in [0, 0.05) is 17.1 Å². The van der Waals surface area contributed by atoms with Crippen LogP contribution in [0.3, 0.4) is 0 Å². The third kappa shape index (κ3) is 2.03. The van der Waals surface area contributed by atoms with Crippen molar-refractivity contribution in [2.45, 2.75) is 19.3 Å². The van der Waals surface area contributed by atoms with Crippen molar-refractivity contribution in [1.29, 1.82) is 0 Å². The molecule has 1 unspecified atom stereocenters. The summed E-state index contributed by atoms with van der Waals surface area (Å²) >= 11 is 0. The van der Waals surface area contributed by atoms with Gasteiger partial charge in [0.05, 0.1) is 11.4 Å². The molecule has 3 nitrogen and oxygen atoms in total. The first-order valence-electron chi connectivity index (χ1n) is 6.34. The van der Waals surface area contributed by atoms with E-state index in [2.05, 4.69) is 4.98 Å². The molecule has 0 amide bonds. The summed E-state index contributed by atoms with van der Waals surface area (Å²) in [5.74, 6) is -1.28. The van der Waals surface area contributed by atoms with Crippen LogP contribution in [0.2, 0.25) is 0 Å². The summed E-state index contributed by atoms with van der Waals surface area (Å²) in [5, 5.41) is 9.84. The highest BCUT2D eigenvalue weighted by atomic mass is 19.1. The van der Waals surface area contributed by atoms with Crippen LogP contribution in [0, 0.1) is 11.7 Å². The number of hydrogen-bond acceptors (Lipinski definition) is 1. The summed E-state index contributed by atoms with van der Waals surface area (Å²) in [7, 11) is 0. The maximum atomic E-state index is 13.6. The molecule has 0 radical (unpaired) electrons. The van der Waals surface area contributed by atoms with Gasteiger partial charge in [0.25, 0.3) is 0 Å². The molecule has 0 saturated carbocycles. The molecule has 1 aliphatic carbocycles. The third-order valence-electron chi connectivity index (χ3n) is 3.77. The number of aromatic nitrogens is 1. The molecule has 3 rings (SSSR count). The van der Waals surface area contributed by atoms with Gasteiger partial charge in [0.1, 0.15) is 5.82 Å². The third-order valence-corrected chi connectivity index (χ3v) is 3.77. The van der Waals surface area contributed by atoms with E-state index in [0.29, 0.717) is 18.4 Å². The van der Waals surface area contributed by atoms with Gasteiger partial charge in [0.15, 0.2) is 0 Å². The first kappa shape index (κ1) is 12.0. The second-order valence-corrected chi connectivity index (χ2v) is 4.90. The number of aliphatic carboxylic acids is 1. The number of benzene rings is 1. The molecule has 0 saturated heterocycles. The summed E-state index contributed by atoms with van der Waals surface area (Å²) in [6.45, 7) is 0. The number of para-hydroxylation sites is 1. The molecule has 98 valence electrons. The van der Waals surface area contributed by atoms with Crippen LogP contribution in [0.25, 0.3) is 16.5 Å². The maximum Gasteiger partial charge on any atom is 0.306 e. The zero-order valence-electron chi connectivity index (χ0n) is 10.3. The van der Waals surface area contributed by atoms with Crippen LogP contribution in [0.5, 0.6) is 0 Å². The summed E-state index contributed by atoms with van der Waals surface area (Å²) in [4.78, 5) is 13.9. The summed E-state index contributed by atoms with van der Waals surface area (Å²) in [5.41, 5.74) is 2.60. The fraction of sp³-hybridized carbons (Fsp3) is 0.267. The van der Waals surface area contributed by atoms with Crippen molar-refractivity contribution in [1.82, 2.24) is 4.98 Å². The van der Waals surface area contributed by atoms with Gasteiger partial charge in [-0.05, 0) is 30.9 Å². The highest BCUT2D eigenvalue weighted by Gasteiger charge is 2.22. The van der Waals surface area contributed by atoms with Gasteiger partial charge in [-0.15, -0.1) is 0 Å². The topological polar surface area (TPSA) is 53.1 Å². The van der Waals surface area contributed by atoms with Crippen molar-refractivity contribution in [3.63, 3.8) is 0 Å². The Morgan fingerprint density at radius 1 is 1.42 bits per heavy atom. The molecule has 1 aromatic carbocycles. The number of H-pyrrole nitrogens is 1. The molecular formula is C15H14FNO2. The SMILES string of the molecule is O=C(O)C1CC=C(c2c[nH]c3c(F)cccc23)CC1. The largest absolute Gasteiger partial charge is 0.481 e. The van der Waals surface area contributed by atoms with Gasteiger partial charge in [-0.1, -0.05) is 18.2 Å². The number of halogens is 1. The zero-order chi connectivity index (χ0) is 13.4. The number of rotatable bonds is 2. The average molecular weight is 259 g/mol. The number of fused-ring (bicyclic) bond motifs is 1. The molecule has 0 fully saturated rings. The Labute approximate surface area is 109 Å². The Bertz CT molecular complexity index is 672. The van der Waals surface area contributed by atoms with E-state index < -0.39 is 5.97 Å². The molecule has 2 aromatic rings. The molecule has 0 aliphatic heterocycles. The van der Waals surface area contributed by atoms with E-state index in [9.17, 15) is 9.18 Å². The van der Waals surface area contributed by atoms with E-state index in [-0.39, 0.29) is 11.7 Å². The normalized spacial score (nSPS) is 19.4. The number of carboxylic acid groups (broad SMARTS) is 1. The second kappa shape index (κ2) is 4.53. The summed E-state index contributed by atoms with van der Waals surface area (Å²) < 4.78 is 13.6. The van der Waals surface area contributed by atoms with E-state index >= 15 is 0 Å². The van der Waals surface area contributed by atoms with Crippen molar-refractivity contribution in [2.75, 3.05) is 0 Å². The quantitative estimate of drug-likeness (QED) is 0.866. The van der Waals surface area contributed by atoms with Gasteiger partial charge >= 0.3 is 5.97 Å². The predicted octanol–water partition coefficient (Wildman–Crippen LogP) is 3.58. The predicted molar refractivity (Wildman–Crippen MR) is 71.2 cm³/mol. The molecule has 1 aliphatic rings. The van der Waals surface area contributed by atoms with Gasteiger partial charge in [0.2, 0.25) is 0 Å². The van der Waals surface area contributed by atoms with Crippen LogP contribution in [0.15, 0.2) is 30.5 Å². The smallest absolute Gasteiger partial charge is 0.306 e. The second-order valence-electron chi connectivity index (χ2n) is 4.90. The van der Waals surface area contributed by atoms with Crippen molar-refractivity contribution >= 4 is 22.4 Å². The standard InChI is InChI=1S/C15H14FNO2/c16-13-3-1-2-11-12(8-17-14(11)13)9-4-6-10(7-5-9)15(18)19/h1-4,8,10,17H,5-7H2,(H,18,19). The Hall–Kier alpha value is -2.10. The molecule has 4 heteroatoms. The number of nitrogens with one attached hydrogen (secondary N) is 1. The van der Waals surface area contributed by atoms with Gasteiger partial charge in [-0.3, -0.25) is 4.79 Å². The molecule has 0 bridgehead atoms. The van der Waals surface area contributed by atoms with E-state index in [4.69, 9.17) is 5.11 Å². The number of allylic oxidation sites excluding steroid dienone is 2. The zero-order valence-corrected chi connectivity index (χ0v) is 10.3. The molecule has 2 N–H and O–H groups in total. The van der Waals surface area contributed by atoms with Crippen molar-refractivity contribution in [3.8, 4) is 0 Å². The lowest BCUT2D eigenvalue weighted by atomic mass is 9.86. The van der Waals surface area contributed by atoms with E-state index in [1.807, 2.05) is 12.1 Å². The highest BCUT2D eigenvalue weighted by molar-refractivity contribution is 5.93. The minimum absolute atomic E-state index is 0.261. The number of carbonyl (C=O) groups is 1. The molecule has 1 heterocycles. The lowest BCUT2D eigenvalue weighted by molar-refractivity contribution is -0.141. The van der Waals surface area contributed by atoms with Crippen molar-refractivity contribution in [2.24, 2.45) is 5.92 Å². The molecule has 19 heavy (non-hydrogen) atoms. The molecule has 1 atom stereocenters. The molecule has 0 spiro atoms. The first-order chi connectivity index (χ1) is 9.16. The number of hydrogen-bond donors (Lipinski definition) is 2. The first-order valence-corrected chi connectivity index (χ1v) is 6.34. The van der Waals surface area contributed by atoms with Crippen molar-refractivity contribution in [3.05, 3.63) is 41.9 Å². The summed E-state index contributed by atoms with van der Waals surface area (Å²) in [6, 6.07) is 5.01. The van der Waals surface area contributed by atoms with E-state index in [1.165, 1.54) is 6.07 Å². The van der Waals surface area contributed by atoms with E-state index in [1.54, 1.807) is 12.3 Å². The van der Waals surface area contributed by atoms with Crippen molar-refractivity contribution < 1.29 is 14.3 Å². The van der Waals surface area contributed by atoms with Crippen LogP contribution < -0.4 is 0 Å². The maximum absolute atomic E-state index is 13.6. The lowest BCUT2D eigenvalue weighted by Crippen LogP contribution is -2.15. The fourth-order valence-electron chi connectivity index (χ4n) is 2.69. The van der Waals surface area contributed by atoms with Gasteiger partial charge in [-0.2, -0.15) is 0 Å². The van der Waals surface area contributed by atoms with Crippen LogP contribution in [-0.2, 0) is 4.79 Å². The minimum Gasteiger partial charge on any atom is -0.481 e. The van der Waals surface area contributed by atoms with E-state index in [0.717, 1.165) is 22.9 Å². The van der Waals surface area contributed by atoms with Crippen LogP contribution in [-0.4, -0.2) is 16.1 Å². The molecule has 1 aromatic heterocycles. The van der Waals surface area contributed by atoms with Crippen LogP contribution in [0.1, 0.15) is 24.8 Å². The van der Waals surface area contributed by atoms with Gasteiger partial charge in [-0.25, -0.2) is 4.39 Å². The highest BCUT2D eigenvalue weighted by Crippen LogP contribution is 2.34. The van der Waals surface area contributed by atoms with Crippen LogP contribution in [0.4, 0.5) is 4.39 Å². The Morgan fingerprint density at radius 2 is 2.26 bits per heavy atom. The molecular weight excluding hydrogens is 245 g/mol. The minimum atomic E-state index is -0.736. The Balaban J connectivity index is 1.98. The number of carboxylic acids is 1. The summed E-state index contributed by atoms with van der Waals surface area (Å²) in [6.07, 6.45) is 5.69. The number of aromatic amines is 1. The van der Waals surface area contributed by atoms with Gasteiger partial charge < -0.3 is 10.1 Å². The van der Waals surface area contributed by atoms with Crippen LogP contribution >= 0.6 is 0 Å².